The zero-order valence-corrected chi connectivity index (χ0v) is 9.30. The Hall–Kier alpha value is -1.40. The zero-order chi connectivity index (χ0) is 11.4. The molecule has 2 rings (SSSR count). The number of morpholine rings is 1. The van der Waals surface area contributed by atoms with E-state index in [1.807, 2.05) is 6.07 Å². The summed E-state index contributed by atoms with van der Waals surface area (Å²) in [6.45, 7) is 2.68. The van der Waals surface area contributed by atoms with Gasteiger partial charge in [0.25, 0.3) is 0 Å². The number of nitrogens with zero attached hydrogens (tertiary/aromatic N) is 3. The maximum atomic E-state index is 5.71. The predicted molar refractivity (Wildman–Crippen MR) is 59.6 cm³/mol. The molecule has 1 aromatic heterocycles. The molecule has 1 aliphatic heterocycles. The average Bonchev–Trinajstić information content (AvgIpc) is 2.38. The number of anilines is 1. The molecule has 0 spiro atoms. The van der Waals surface area contributed by atoms with Gasteiger partial charge in [0.05, 0.1) is 26.4 Å². The van der Waals surface area contributed by atoms with Crippen molar-refractivity contribution in [2.75, 3.05) is 38.3 Å². The molecule has 1 unspecified atom stereocenters. The molecule has 88 valence electrons. The first-order valence-electron chi connectivity index (χ1n) is 5.25. The van der Waals surface area contributed by atoms with Crippen LogP contribution < -0.4 is 15.4 Å². The Labute approximate surface area is 94.4 Å². The van der Waals surface area contributed by atoms with Crippen molar-refractivity contribution in [1.29, 1.82) is 0 Å². The molecule has 0 aromatic carbocycles. The van der Waals surface area contributed by atoms with E-state index < -0.39 is 0 Å². The molecular formula is C10H16N4O2. The summed E-state index contributed by atoms with van der Waals surface area (Å²) in [5.41, 5.74) is 5.71. The van der Waals surface area contributed by atoms with Gasteiger partial charge < -0.3 is 20.1 Å². The minimum atomic E-state index is 0.174. The Morgan fingerprint density at radius 3 is 3.25 bits per heavy atom. The van der Waals surface area contributed by atoms with Gasteiger partial charge in [0, 0.05) is 19.2 Å². The summed E-state index contributed by atoms with van der Waals surface area (Å²) >= 11 is 0. The fraction of sp³-hybridized carbons (Fsp3) is 0.600. The van der Waals surface area contributed by atoms with Crippen LogP contribution in [0.25, 0.3) is 0 Å². The first-order chi connectivity index (χ1) is 7.85. The summed E-state index contributed by atoms with van der Waals surface area (Å²) in [5, 5.41) is 0. The van der Waals surface area contributed by atoms with Crippen molar-refractivity contribution < 1.29 is 9.47 Å². The second-order valence-electron chi connectivity index (χ2n) is 3.58. The Bertz CT molecular complexity index is 347. The number of hydrogen-bond donors (Lipinski definition) is 1. The number of ether oxygens (including phenoxy) is 2. The molecule has 6 nitrogen and oxygen atoms in total. The predicted octanol–water partition coefficient (Wildman–Crippen LogP) is -0.351. The third kappa shape index (κ3) is 2.23. The van der Waals surface area contributed by atoms with Gasteiger partial charge >= 0.3 is 0 Å². The normalized spacial score (nSPS) is 20.9. The smallest absolute Gasteiger partial charge is 0.218 e. The SMILES string of the molecule is COc1cc(N2CCOCC2CN)ncn1. The zero-order valence-electron chi connectivity index (χ0n) is 9.30. The summed E-state index contributed by atoms with van der Waals surface area (Å²) in [5.74, 6) is 1.40. The number of hydrogen-bond acceptors (Lipinski definition) is 6. The molecule has 1 saturated heterocycles. The molecule has 0 amide bonds. The van der Waals surface area contributed by atoms with Crippen LogP contribution in [0.4, 0.5) is 5.82 Å². The number of nitrogens with two attached hydrogens (primary N) is 1. The molecule has 0 radical (unpaired) electrons. The molecular weight excluding hydrogens is 208 g/mol. The maximum Gasteiger partial charge on any atom is 0.218 e. The molecule has 1 aromatic rings. The van der Waals surface area contributed by atoms with E-state index in [1.54, 1.807) is 7.11 Å². The molecule has 2 N–H and O–H groups in total. The van der Waals surface area contributed by atoms with Crippen molar-refractivity contribution >= 4 is 5.82 Å². The molecule has 0 saturated carbocycles. The lowest BCUT2D eigenvalue weighted by Crippen LogP contribution is -2.49. The van der Waals surface area contributed by atoms with Crippen LogP contribution in [0.2, 0.25) is 0 Å². The van der Waals surface area contributed by atoms with Crippen LogP contribution in [0.3, 0.4) is 0 Å². The van der Waals surface area contributed by atoms with E-state index in [0.29, 0.717) is 25.6 Å². The van der Waals surface area contributed by atoms with E-state index in [-0.39, 0.29) is 6.04 Å². The fourth-order valence-corrected chi connectivity index (χ4v) is 1.75. The number of rotatable bonds is 3. The summed E-state index contributed by atoms with van der Waals surface area (Å²) < 4.78 is 10.5. The highest BCUT2D eigenvalue weighted by Gasteiger charge is 2.23. The van der Waals surface area contributed by atoms with E-state index in [0.717, 1.165) is 12.4 Å². The lowest BCUT2D eigenvalue weighted by atomic mass is 10.2. The van der Waals surface area contributed by atoms with Crippen molar-refractivity contribution in [1.82, 2.24) is 9.97 Å². The van der Waals surface area contributed by atoms with Gasteiger partial charge in [-0.15, -0.1) is 0 Å². The van der Waals surface area contributed by atoms with Crippen LogP contribution in [0.1, 0.15) is 0 Å². The third-order valence-electron chi connectivity index (χ3n) is 2.63. The van der Waals surface area contributed by atoms with E-state index in [4.69, 9.17) is 15.2 Å². The Morgan fingerprint density at radius 1 is 1.62 bits per heavy atom. The Morgan fingerprint density at radius 2 is 2.50 bits per heavy atom. The Balaban J connectivity index is 2.20. The van der Waals surface area contributed by atoms with Gasteiger partial charge in [-0.1, -0.05) is 0 Å². The minimum Gasteiger partial charge on any atom is -0.481 e. The first kappa shape index (κ1) is 11.1. The molecule has 1 fully saturated rings. The summed E-state index contributed by atoms with van der Waals surface area (Å²) in [6.07, 6.45) is 1.50. The summed E-state index contributed by atoms with van der Waals surface area (Å²) in [4.78, 5) is 10.3. The molecule has 0 aliphatic carbocycles. The minimum absolute atomic E-state index is 0.174. The van der Waals surface area contributed by atoms with Crippen molar-refractivity contribution in [3.8, 4) is 5.88 Å². The van der Waals surface area contributed by atoms with E-state index >= 15 is 0 Å². The van der Waals surface area contributed by atoms with Crippen LogP contribution in [-0.4, -0.2) is 49.4 Å². The van der Waals surface area contributed by atoms with Gasteiger partial charge in [0.1, 0.15) is 12.1 Å². The van der Waals surface area contributed by atoms with Gasteiger partial charge in [-0.05, 0) is 0 Å². The molecule has 1 aliphatic rings. The Kier molecular flexibility index (Phi) is 3.53. The van der Waals surface area contributed by atoms with Gasteiger partial charge in [-0.3, -0.25) is 0 Å². The summed E-state index contributed by atoms with van der Waals surface area (Å²) in [7, 11) is 1.59. The second-order valence-corrected chi connectivity index (χ2v) is 3.58. The van der Waals surface area contributed by atoms with E-state index in [1.165, 1.54) is 6.33 Å². The first-order valence-corrected chi connectivity index (χ1v) is 5.25. The lowest BCUT2D eigenvalue weighted by Gasteiger charge is -2.35. The number of methoxy groups -OCH3 is 1. The molecule has 16 heavy (non-hydrogen) atoms. The number of aromatic nitrogens is 2. The van der Waals surface area contributed by atoms with Crippen LogP contribution in [0.15, 0.2) is 12.4 Å². The topological polar surface area (TPSA) is 73.5 Å². The third-order valence-corrected chi connectivity index (χ3v) is 2.63. The largest absolute Gasteiger partial charge is 0.481 e. The van der Waals surface area contributed by atoms with Gasteiger partial charge in [-0.2, -0.15) is 0 Å². The van der Waals surface area contributed by atoms with Crippen molar-refractivity contribution in [2.45, 2.75) is 6.04 Å². The standard InChI is InChI=1S/C10H16N4O2/c1-15-10-4-9(12-7-13-10)14-2-3-16-6-8(14)5-11/h4,7-8H,2-3,5-6,11H2,1H3. The van der Waals surface area contributed by atoms with Crippen LogP contribution in [-0.2, 0) is 4.74 Å². The van der Waals surface area contributed by atoms with Crippen molar-refractivity contribution in [3.05, 3.63) is 12.4 Å². The maximum absolute atomic E-state index is 5.71. The van der Waals surface area contributed by atoms with Gasteiger partial charge in [-0.25, -0.2) is 9.97 Å². The van der Waals surface area contributed by atoms with Gasteiger partial charge in [0.2, 0.25) is 5.88 Å². The van der Waals surface area contributed by atoms with E-state index in [9.17, 15) is 0 Å². The highest BCUT2D eigenvalue weighted by molar-refractivity contribution is 5.42. The molecule has 0 bridgehead atoms. The van der Waals surface area contributed by atoms with Crippen molar-refractivity contribution in [2.24, 2.45) is 5.73 Å². The monoisotopic (exact) mass is 224 g/mol. The van der Waals surface area contributed by atoms with Crippen LogP contribution in [0, 0.1) is 0 Å². The molecule has 6 heteroatoms. The second kappa shape index (κ2) is 5.09. The highest BCUT2D eigenvalue weighted by atomic mass is 16.5. The fourth-order valence-electron chi connectivity index (χ4n) is 1.75. The average molecular weight is 224 g/mol. The van der Waals surface area contributed by atoms with Gasteiger partial charge in [0.15, 0.2) is 0 Å². The highest BCUT2D eigenvalue weighted by Crippen LogP contribution is 2.19. The quantitative estimate of drug-likeness (QED) is 0.756. The van der Waals surface area contributed by atoms with Crippen LogP contribution in [0.5, 0.6) is 5.88 Å². The van der Waals surface area contributed by atoms with Crippen LogP contribution >= 0.6 is 0 Å². The molecule has 2 heterocycles. The van der Waals surface area contributed by atoms with E-state index in [2.05, 4.69) is 14.9 Å². The van der Waals surface area contributed by atoms with Crippen molar-refractivity contribution in [3.63, 3.8) is 0 Å². The summed E-state index contributed by atoms with van der Waals surface area (Å²) in [6, 6.07) is 1.99. The lowest BCUT2D eigenvalue weighted by molar-refractivity contribution is 0.0958. The molecule has 1 atom stereocenters.